The van der Waals surface area contributed by atoms with Crippen molar-refractivity contribution in [3.63, 3.8) is 0 Å². The molecule has 0 spiro atoms. The number of hydrogen-bond donors (Lipinski definition) is 1. The number of carbonyl (C=O) groups excluding carboxylic acids is 2. The van der Waals surface area contributed by atoms with Crippen molar-refractivity contribution in [1.82, 2.24) is 0 Å². The molecule has 0 aromatic heterocycles. The summed E-state index contributed by atoms with van der Waals surface area (Å²) >= 11 is 0. The SMILES string of the molecule is COc1ccc(CO[C@@H]2[C@@H](OCc3ccccc3)[C@H](OCc3ccc(OC)cc3)[C@@H](OC(=O)[C@H](OC(C)=O)c3ccccc3)[C@@H](O)[C@H]2OCc2ccc(OC)cc2)cc1. The van der Waals surface area contributed by atoms with Gasteiger partial charge >= 0.3 is 11.9 Å². The normalized spacial score (nSPS) is 20.6. The number of aliphatic hydroxyl groups is 1. The minimum atomic E-state index is -1.52. The molecule has 7 atom stereocenters. The Balaban J connectivity index is 1.41. The fraction of sp³-hybridized carbons (Fsp3) is 0.319. The Bertz CT molecular complexity index is 2020. The zero-order chi connectivity index (χ0) is 41.6. The van der Waals surface area contributed by atoms with Crippen LogP contribution in [0.2, 0.25) is 0 Å². The predicted molar refractivity (Wildman–Crippen MR) is 217 cm³/mol. The largest absolute Gasteiger partial charge is 0.497 e. The maximum Gasteiger partial charge on any atom is 0.352 e. The Labute approximate surface area is 344 Å². The van der Waals surface area contributed by atoms with E-state index in [1.165, 1.54) is 6.92 Å². The highest BCUT2D eigenvalue weighted by molar-refractivity contribution is 5.80. The number of aliphatic hydroxyl groups excluding tert-OH is 1. The zero-order valence-electron chi connectivity index (χ0n) is 33.5. The van der Waals surface area contributed by atoms with Crippen LogP contribution in [0.15, 0.2) is 133 Å². The second-order valence-electron chi connectivity index (χ2n) is 13.9. The number of rotatable bonds is 19. The van der Waals surface area contributed by atoms with Crippen LogP contribution in [-0.4, -0.2) is 75.0 Å². The van der Waals surface area contributed by atoms with Crippen molar-refractivity contribution in [2.45, 2.75) is 76.1 Å². The first kappa shape index (κ1) is 42.8. The van der Waals surface area contributed by atoms with Crippen molar-refractivity contribution in [3.05, 3.63) is 161 Å². The topological polar surface area (TPSA) is 137 Å². The second-order valence-corrected chi connectivity index (χ2v) is 13.9. The van der Waals surface area contributed by atoms with Crippen molar-refractivity contribution in [2.24, 2.45) is 0 Å². The summed E-state index contributed by atoms with van der Waals surface area (Å²) in [5, 5.41) is 12.5. The summed E-state index contributed by atoms with van der Waals surface area (Å²) in [5.41, 5.74) is 3.65. The molecule has 1 fully saturated rings. The number of esters is 2. The first-order valence-electron chi connectivity index (χ1n) is 19.3. The first-order valence-corrected chi connectivity index (χ1v) is 19.3. The van der Waals surface area contributed by atoms with Gasteiger partial charge in [0.25, 0.3) is 0 Å². The van der Waals surface area contributed by atoms with Crippen molar-refractivity contribution >= 4 is 11.9 Å². The number of hydrogen-bond acceptors (Lipinski definition) is 12. The van der Waals surface area contributed by atoms with Crippen LogP contribution in [0.5, 0.6) is 17.2 Å². The fourth-order valence-corrected chi connectivity index (χ4v) is 6.79. The van der Waals surface area contributed by atoms with E-state index in [2.05, 4.69) is 0 Å². The Kier molecular flexibility index (Phi) is 15.5. The van der Waals surface area contributed by atoms with Crippen LogP contribution < -0.4 is 14.2 Å². The van der Waals surface area contributed by atoms with Crippen molar-refractivity contribution in [3.8, 4) is 17.2 Å². The van der Waals surface area contributed by atoms with Gasteiger partial charge in [-0.1, -0.05) is 97.1 Å². The molecule has 1 aliphatic rings. The van der Waals surface area contributed by atoms with Gasteiger partial charge in [-0.25, -0.2) is 4.79 Å². The molecule has 59 heavy (non-hydrogen) atoms. The molecule has 0 amide bonds. The van der Waals surface area contributed by atoms with Crippen LogP contribution in [0.3, 0.4) is 0 Å². The molecule has 12 heteroatoms. The lowest BCUT2D eigenvalue weighted by atomic mass is 9.83. The lowest BCUT2D eigenvalue weighted by molar-refractivity contribution is -0.279. The summed E-state index contributed by atoms with van der Waals surface area (Å²) in [5.74, 6) is 0.418. The molecular weight excluding hydrogens is 757 g/mol. The minimum Gasteiger partial charge on any atom is -0.497 e. The van der Waals surface area contributed by atoms with Crippen LogP contribution in [0.1, 0.15) is 40.8 Å². The van der Waals surface area contributed by atoms with Gasteiger partial charge in [0.05, 0.1) is 47.8 Å². The highest BCUT2D eigenvalue weighted by atomic mass is 16.6. The molecule has 1 N–H and O–H groups in total. The lowest BCUT2D eigenvalue weighted by Gasteiger charge is -2.48. The molecule has 5 aromatic rings. The van der Waals surface area contributed by atoms with Crippen molar-refractivity contribution in [1.29, 1.82) is 0 Å². The Morgan fingerprint density at radius 2 is 0.847 bits per heavy atom. The highest BCUT2D eigenvalue weighted by Crippen LogP contribution is 2.36. The van der Waals surface area contributed by atoms with Gasteiger partial charge in [-0.15, -0.1) is 0 Å². The molecule has 5 aromatic carbocycles. The predicted octanol–water partition coefficient (Wildman–Crippen LogP) is 6.94. The van der Waals surface area contributed by atoms with Gasteiger partial charge in [0.1, 0.15) is 47.8 Å². The zero-order valence-corrected chi connectivity index (χ0v) is 33.5. The van der Waals surface area contributed by atoms with Gasteiger partial charge < -0.3 is 47.7 Å². The van der Waals surface area contributed by atoms with E-state index in [9.17, 15) is 14.7 Å². The number of methoxy groups -OCH3 is 3. The molecule has 0 bridgehead atoms. The lowest BCUT2D eigenvalue weighted by Crippen LogP contribution is -2.67. The molecule has 0 radical (unpaired) electrons. The van der Waals surface area contributed by atoms with E-state index in [1.807, 2.05) is 103 Å². The van der Waals surface area contributed by atoms with Gasteiger partial charge in [-0.3, -0.25) is 4.79 Å². The maximum absolute atomic E-state index is 14.2. The summed E-state index contributed by atoms with van der Waals surface area (Å²) in [6.07, 6.45) is -8.57. The van der Waals surface area contributed by atoms with E-state index in [4.69, 9.17) is 42.6 Å². The van der Waals surface area contributed by atoms with Gasteiger partial charge in [0, 0.05) is 12.5 Å². The van der Waals surface area contributed by atoms with E-state index < -0.39 is 54.7 Å². The Morgan fingerprint density at radius 1 is 0.492 bits per heavy atom. The van der Waals surface area contributed by atoms with Gasteiger partial charge in [0.2, 0.25) is 6.10 Å². The molecular formula is C47H50O12. The summed E-state index contributed by atoms with van der Waals surface area (Å²) in [7, 11) is 4.76. The molecule has 0 saturated heterocycles. The van der Waals surface area contributed by atoms with Crippen LogP contribution in [0, 0.1) is 0 Å². The first-order chi connectivity index (χ1) is 28.8. The molecule has 0 aliphatic heterocycles. The van der Waals surface area contributed by atoms with Gasteiger partial charge in [0.15, 0.2) is 6.10 Å². The molecule has 1 aliphatic carbocycles. The van der Waals surface area contributed by atoms with Crippen molar-refractivity contribution < 1.29 is 57.3 Å². The van der Waals surface area contributed by atoms with Crippen LogP contribution in [0.4, 0.5) is 0 Å². The van der Waals surface area contributed by atoms with Gasteiger partial charge in [-0.05, 0) is 58.7 Å². The summed E-state index contributed by atoms with van der Waals surface area (Å²) in [6.45, 7) is 1.53. The average Bonchev–Trinajstić information content (AvgIpc) is 3.28. The number of ether oxygens (including phenoxy) is 9. The minimum absolute atomic E-state index is 0.0370. The highest BCUT2D eigenvalue weighted by Gasteiger charge is 2.55. The van der Waals surface area contributed by atoms with Crippen LogP contribution >= 0.6 is 0 Å². The molecule has 0 heterocycles. The number of carbonyl (C=O) groups is 2. The second kappa shape index (κ2) is 21.3. The average molecular weight is 807 g/mol. The van der Waals surface area contributed by atoms with Crippen molar-refractivity contribution in [2.75, 3.05) is 21.3 Å². The van der Waals surface area contributed by atoms with Gasteiger partial charge in [-0.2, -0.15) is 0 Å². The van der Waals surface area contributed by atoms with E-state index >= 15 is 0 Å². The third-order valence-corrected chi connectivity index (χ3v) is 9.91. The summed E-state index contributed by atoms with van der Waals surface area (Å²) in [4.78, 5) is 26.6. The molecule has 0 unspecified atom stereocenters. The quantitative estimate of drug-likeness (QED) is 0.0866. The smallest absolute Gasteiger partial charge is 0.352 e. The molecule has 1 saturated carbocycles. The van der Waals surface area contributed by atoms with E-state index in [-0.39, 0.29) is 26.4 Å². The molecule has 12 nitrogen and oxygen atoms in total. The molecule has 310 valence electrons. The third-order valence-electron chi connectivity index (χ3n) is 9.91. The Morgan fingerprint density at radius 3 is 1.25 bits per heavy atom. The third kappa shape index (κ3) is 11.7. The van der Waals surface area contributed by atoms with E-state index in [0.29, 0.717) is 22.8 Å². The van der Waals surface area contributed by atoms with Crippen LogP contribution in [0.25, 0.3) is 0 Å². The Hall–Kier alpha value is -5.76. The fourth-order valence-electron chi connectivity index (χ4n) is 6.79. The summed E-state index contributed by atoms with van der Waals surface area (Å²) < 4.78 is 54.5. The summed E-state index contributed by atoms with van der Waals surface area (Å²) in [6, 6.07) is 40.2. The number of benzene rings is 5. The van der Waals surface area contributed by atoms with Crippen LogP contribution in [-0.2, 0) is 64.4 Å². The maximum atomic E-state index is 14.2. The standard InChI is InChI=1S/C47H50O12/c1-31(48)58-41(36-13-9-6-10-14-36)47(50)59-43-40(49)42(54-28-33-15-21-37(51-2)22-16-33)44(55-29-34-17-23-38(52-3)24-18-34)46(57-27-32-11-7-5-8-12-32)45(43)56-30-35-19-25-39(53-4)26-20-35/h5-26,40-46,49H,27-30H2,1-4H3/t40-,41+,42+,43-,44-,45+,46+/m0/s1. The molecule has 6 rings (SSSR count). The van der Waals surface area contributed by atoms with E-state index in [1.54, 1.807) is 51.7 Å². The monoisotopic (exact) mass is 806 g/mol. The van der Waals surface area contributed by atoms with E-state index in [0.717, 1.165) is 22.3 Å².